The number of pyridine rings is 4. The molecular formula is C45H32F3N11O4. The smallest absolute Gasteiger partial charge is 0.330 e. The normalized spacial score (nSPS) is 10.9. The van der Waals surface area contributed by atoms with E-state index >= 15 is 0 Å². The highest BCUT2D eigenvalue weighted by atomic mass is 19.4. The lowest BCUT2D eigenvalue weighted by molar-refractivity contribution is -0.384. The molecule has 0 fully saturated rings. The van der Waals surface area contributed by atoms with Crippen molar-refractivity contribution in [2.24, 2.45) is 0 Å². The molecule has 63 heavy (non-hydrogen) atoms. The molecule has 18 heteroatoms. The molecule has 8 aromatic rings. The molecular weight excluding hydrogens is 816 g/mol. The van der Waals surface area contributed by atoms with Gasteiger partial charge in [-0.1, -0.05) is 24.3 Å². The first-order valence-electron chi connectivity index (χ1n) is 18.9. The largest absolute Gasteiger partial charge is 0.419 e. The molecule has 2 aromatic carbocycles. The van der Waals surface area contributed by atoms with Crippen LogP contribution < -0.4 is 11.1 Å². The van der Waals surface area contributed by atoms with Gasteiger partial charge in [-0.2, -0.15) is 23.7 Å². The molecule has 0 saturated heterocycles. The number of imidazole rings is 2. The molecule has 8 rings (SSSR count). The number of hydrogen-bond donors (Lipinski definition) is 0. The van der Waals surface area contributed by atoms with Gasteiger partial charge in [0, 0.05) is 92.7 Å². The molecule has 0 bridgehead atoms. The molecule has 0 spiro atoms. The van der Waals surface area contributed by atoms with Gasteiger partial charge in [0.1, 0.15) is 0 Å². The minimum absolute atomic E-state index is 0.0202. The summed E-state index contributed by atoms with van der Waals surface area (Å²) in [4.78, 5) is 52.0. The fraction of sp³-hybridized carbons (Fsp3) is 0.111. The van der Waals surface area contributed by atoms with Crippen molar-refractivity contribution in [2.45, 2.75) is 32.1 Å². The maximum Gasteiger partial charge on any atom is 0.419 e. The van der Waals surface area contributed by atoms with Gasteiger partial charge >= 0.3 is 11.9 Å². The predicted octanol–water partition coefficient (Wildman–Crippen LogP) is 6.81. The van der Waals surface area contributed by atoms with Crippen LogP contribution >= 0.6 is 0 Å². The van der Waals surface area contributed by atoms with Crippen molar-refractivity contribution in [3.63, 3.8) is 0 Å². The molecule has 6 aromatic heterocycles. The number of rotatable bonds is 11. The topological polar surface area (TPSA) is 196 Å². The van der Waals surface area contributed by atoms with E-state index < -0.39 is 33.6 Å². The molecule has 0 N–H and O–H groups in total. The number of nitro groups is 1. The SMILES string of the molecule is N#Cc1ccc(Cc2cncn2Cc2ccn(-c3ncccc3C(F)(F)F)c(=O)c2)cc1.N#Cc1ccc(Cc2cncn2Cc2ccn(-c3ncccc3[N+](=O)[O-])c(=O)c2)cc1. The van der Waals surface area contributed by atoms with Gasteiger partial charge in [-0.3, -0.25) is 28.8 Å². The molecule has 0 aliphatic rings. The van der Waals surface area contributed by atoms with Crippen LogP contribution in [0.1, 0.15) is 50.3 Å². The number of alkyl halides is 3. The number of nitrogens with zero attached hydrogens (tertiary/aromatic N) is 11. The van der Waals surface area contributed by atoms with E-state index in [1.54, 1.807) is 61.4 Å². The van der Waals surface area contributed by atoms with Crippen LogP contribution in [0.5, 0.6) is 0 Å². The summed E-state index contributed by atoms with van der Waals surface area (Å²) in [5.41, 5.74) is 4.18. The van der Waals surface area contributed by atoms with E-state index in [9.17, 15) is 32.9 Å². The maximum absolute atomic E-state index is 13.3. The average Bonchev–Trinajstić information content (AvgIpc) is 3.92. The minimum Gasteiger partial charge on any atom is -0.330 e. The Morgan fingerprint density at radius 2 is 1.10 bits per heavy atom. The zero-order valence-electron chi connectivity index (χ0n) is 32.9. The highest BCUT2D eigenvalue weighted by molar-refractivity contribution is 5.46. The molecule has 0 aliphatic heterocycles. The van der Waals surface area contributed by atoms with Crippen LogP contribution in [0.4, 0.5) is 18.9 Å². The number of hydrogen-bond acceptors (Lipinski definition) is 10. The summed E-state index contributed by atoms with van der Waals surface area (Å²) in [6.07, 6.45) is 8.78. The van der Waals surface area contributed by atoms with E-state index in [0.717, 1.165) is 43.3 Å². The Hall–Kier alpha value is -8.77. The van der Waals surface area contributed by atoms with E-state index in [-0.39, 0.29) is 11.5 Å². The molecule has 15 nitrogen and oxygen atoms in total. The lowest BCUT2D eigenvalue weighted by Gasteiger charge is -2.14. The van der Waals surface area contributed by atoms with Crippen LogP contribution in [0.25, 0.3) is 11.6 Å². The minimum atomic E-state index is -4.63. The van der Waals surface area contributed by atoms with Crippen molar-refractivity contribution in [3.05, 3.63) is 228 Å². The Balaban J connectivity index is 0.000000189. The van der Waals surface area contributed by atoms with Crippen molar-refractivity contribution >= 4 is 5.69 Å². The third kappa shape index (κ3) is 10.2. The van der Waals surface area contributed by atoms with Crippen LogP contribution in [-0.2, 0) is 32.1 Å². The molecule has 0 atom stereocenters. The van der Waals surface area contributed by atoms with E-state index in [0.29, 0.717) is 42.6 Å². The van der Waals surface area contributed by atoms with Crippen molar-refractivity contribution in [2.75, 3.05) is 0 Å². The van der Waals surface area contributed by atoms with Gasteiger partial charge in [-0.15, -0.1) is 0 Å². The summed E-state index contributed by atoms with van der Waals surface area (Å²) in [6, 6.07) is 29.6. The first-order chi connectivity index (χ1) is 30.4. The second kappa shape index (κ2) is 18.7. The van der Waals surface area contributed by atoms with E-state index in [1.165, 1.54) is 55.1 Å². The first kappa shape index (κ1) is 42.4. The van der Waals surface area contributed by atoms with Crippen LogP contribution in [0.15, 0.2) is 156 Å². The Labute approximate surface area is 355 Å². The third-order valence-electron chi connectivity index (χ3n) is 9.72. The number of aromatic nitrogens is 8. The van der Waals surface area contributed by atoms with E-state index in [1.807, 2.05) is 33.4 Å². The zero-order valence-corrected chi connectivity index (χ0v) is 32.9. The van der Waals surface area contributed by atoms with Crippen LogP contribution in [0.2, 0.25) is 0 Å². The lowest BCUT2D eigenvalue weighted by atomic mass is 10.1. The van der Waals surface area contributed by atoms with Gasteiger partial charge in [0.25, 0.3) is 11.1 Å². The third-order valence-corrected chi connectivity index (χ3v) is 9.72. The second-order valence-corrected chi connectivity index (χ2v) is 14.0. The quantitative estimate of drug-likeness (QED) is 0.0986. The standard InChI is InChI=1S/C23H16F3N5O.C22H16N6O3/c24-23(25,26)20-2-1-8-29-22(20)31-9-7-18(11-21(31)32)14-30-15-28-13-19(30)10-16-3-5-17(12-27)6-4-16;23-12-17-5-3-16(4-6-17)10-19-13-24-15-26(19)14-18-7-9-27(21(29)11-18)22-20(28(30)31)2-1-8-25-22/h1-9,11,13,15H,10,14H2;1-9,11,13,15H,10,14H2. The summed E-state index contributed by atoms with van der Waals surface area (Å²) >= 11 is 0. The van der Waals surface area contributed by atoms with Gasteiger partial charge in [0.05, 0.1) is 46.4 Å². The highest BCUT2D eigenvalue weighted by Gasteiger charge is 2.34. The summed E-state index contributed by atoms with van der Waals surface area (Å²) in [5.74, 6) is -0.478. The van der Waals surface area contributed by atoms with Crippen LogP contribution in [0.3, 0.4) is 0 Å². The van der Waals surface area contributed by atoms with Crippen molar-refractivity contribution in [1.82, 2.24) is 38.2 Å². The monoisotopic (exact) mass is 847 g/mol. The van der Waals surface area contributed by atoms with Crippen molar-refractivity contribution < 1.29 is 18.1 Å². The van der Waals surface area contributed by atoms with E-state index in [2.05, 4.69) is 32.1 Å². The fourth-order valence-corrected chi connectivity index (χ4v) is 6.59. The number of nitriles is 2. The fourth-order valence-electron chi connectivity index (χ4n) is 6.59. The summed E-state index contributed by atoms with van der Waals surface area (Å²) in [5, 5.41) is 29.1. The maximum atomic E-state index is 13.3. The molecule has 0 amide bonds. The van der Waals surface area contributed by atoms with Crippen LogP contribution in [0, 0.1) is 32.8 Å². The van der Waals surface area contributed by atoms with Crippen molar-refractivity contribution in [1.29, 1.82) is 10.5 Å². The molecule has 6 heterocycles. The van der Waals surface area contributed by atoms with Crippen molar-refractivity contribution in [3.8, 4) is 23.8 Å². The number of halogens is 3. The van der Waals surface area contributed by atoms with Gasteiger partial charge < -0.3 is 9.13 Å². The predicted molar refractivity (Wildman–Crippen MR) is 222 cm³/mol. The van der Waals surface area contributed by atoms with Gasteiger partial charge in [0.2, 0.25) is 5.82 Å². The van der Waals surface area contributed by atoms with Gasteiger partial charge in [0.15, 0.2) is 5.82 Å². The Bertz CT molecular complexity index is 3120. The first-order valence-corrected chi connectivity index (χ1v) is 18.9. The van der Waals surface area contributed by atoms with Crippen LogP contribution in [-0.4, -0.2) is 43.1 Å². The van der Waals surface area contributed by atoms with Gasteiger partial charge in [-0.25, -0.2) is 19.9 Å². The second-order valence-electron chi connectivity index (χ2n) is 14.0. The Morgan fingerprint density at radius 3 is 1.54 bits per heavy atom. The Kier molecular flexibility index (Phi) is 12.5. The molecule has 0 unspecified atom stereocenters. The zero-order chi connectivity index (χ0) is 44.5. The van der Waals surface area contributed by atoms with Gasteiger partial charge in [-0.05, 0) is 76.9 Å². The Morgan fingerprint density at radius 1 is 0.635 bits per heavy atom. The number of benzene rings is 2. The average molecular weight is 848 g/mol. The molecule has 0 saturated carbocycles. The molecule has 0 aliphatic carbocycles. The summed E-state index contributed by atoms with van der Waals surface area (Å²) in [7, 11) is 0. The highest BCUT2D eigenvalue weighted by Crippen LogP contribution is 2.32. The summed E-state index contributed by atoms with van der Waals surface area (Å²) < 4.78 is 45.7. The summed E-state index contributed by atoms with van der Waals surface area (Å²) in [6.45, 7) is 0.752. The molecule has 312 valence electrons. The molecule has 0 radical (unpaired) electrons. The lowest BCUT2D eigenvalue weighted by Crippen LogP contribution is -2.22. The van der Waals surface area contributed by atoms with E-state index in [4.69, 9.17) is 10.5 Å².